The zero-order valence-corrected chi connectivity index (χ0v) is 16.9. The molecule has 0 radical (unpaired) electrons. The Labute approximate surface area is 176 Å². The third-order valence-corrected chi connectivity index (χ3v) is 5.98. The Hall–Kier alpha value is -3.72. The molecule has 9 nitrogen and oxygen atoms in total. The second kappa shape index (κ2) is 6.39. The molecular weight excluding hydrogens is 400 g/mol. The number of nitrogens with zero attached hydrogens (tertiary/aromatic N) is 2. The number of carbonyl (C=O) groups excluding carboxylic acids is 1. The number of nitrogens with one attached hydrogen (secondary N) is 2. The minimum absolute atomic E-state index is 0.00679. The molecule has 2 aromatic heterocycles. The monoisotopic (exact) mass is 420 g/mol. The van der Waals surface area contributed by atoms with Crippen LogP contribution in [0.5, 0.6) is 5.75 Å². The van der Waals surface area contributed by atoms with Gasteiger partial charge in [-0.3, -0.25) is 10.2 Å². The highest BCUT2D eigenvalue weighted by atomic mass is 16.6. The molecule has 1 aromatic carbocycles. The Bertz CT molecular complexity index is 1380. The number of anilines is 1. The number of hydrogen-bond acceptors (Lipinski definition) is 7. The molecule has 0 bridgehead atoms. The number of ether oxygens (including phenoxy) is 1. The van der Waals surface area contributed by atoms with Crippen molar-refractivity contribution in [3.05, 3.63) is 51.3 Å². The van der Waals surface area contributed by atoms with E-state index in [1.807, 2.05) is 6.07 Å². The topological polar surface area (TPSA) is 138 Å². The predicted octanol–water partition coefficient (Wildman–Crippen LogP) is 2.19. The third kappa shape index (κ3) is 2.59. The molecule has 0 fully saturated rings. The van der Waals surface area contributed by atoms with Crippen molar-refractivity contribution >= 4 is 28.4 Å². The highest BCUT2D eigenvalue weighted by Crippen LogP contribution is 2.40. The van der Waals surface area contributed by atoms with Crippen molar-refractivity contribution in [2.24, 2.45) is 0 Å². The number of phenolic OH excluding ortho intramolecular Hbond substituents is 1. The fourth-order valence-corrected chi connectivity index (χ4v) is 4.36. The van der Waals surface area contributed by atoms with Gasteiger partial charge in [0.05, 0.1) is 40.5 Å². The number of aliphatic hydroxyl groups is 1. The van der Waals surface area contributed by atoms with Gasteiger partial charge in [0.25, 0.3) is 5.56 Å². The number of carbonyl (C=O) groups is 1. The van der Waals surface area contributed by atoms with Gasteiger partial charge in [0.2, 0.25) is 0 Å². The summed E-state index contributed by atoms with van der Waals surface area (Å²) in [6, 6.07) is 6.65. The molecule has 0 aliphatic carbocycles. The van der Waals surface area contributed by atoms with Crippen LogP contribution < -0.4 is 10.9 Å². The van der Waals surface area contributed by atoms with Crippen LogP contribution in [0.15, 0.2) is 29.1 Å². The number of esters is 1. The minimum Gasteiger partial charge on any atom is -0.506 e. The average Bonchev–Trinajstić information content (AvgIpc) is 3.10. The Morgan fingerprint density at radius 3 is 2.84 bits per heavy atom. The van der Waals surface area contributed by atoms with E-state index in [-0.39, 0.29) is 47.8 Å². The molecule has 158 valence electrons. The normalized spacial score (nSPS) is 18.9. The molecule has 2 aliphatic rings. The molecule has 3 aromatic rings. The summed E-state index contributed by atoms with van der Waals surface area (Å²) >= 11 is 0. The van der Waals surface area contributed by atoms with Gasteiger partial charge in [-0.1, -0.05) is 6.92 Å². The van der Waals surface area contributed by atoms with Crippen LogP contribution in [-0.4, -0.2) is 31.6 Å². The maximum Gasteiger partial charge on any atom is 0.343 e. The van der Waals surface area contributed by atoms with E-state index in [4.69, 9.17) is 15.1 Å². The van der Waals surface area contributed by atoms with Crippen LogP contribution in [0.4, 0.5) is 5.69 Å². The second-order valence-electron chi connectivity index (χ2n) is 7.88. The van der Waals surface area contributed by atoms with E-state index in [1.165, 1.54) is 6.07 Å². The number of aromatic nitrogens is 2. The zero-order valence-electron chi connectivity index (χ0n) is 16.9. The second-order valence-corrected chi connectivity index (χ2v) is 7.88. The fraction of sp³-hybridized carbons (Fsp3) is 0.273. The number of benzene rings is 1. The maximum atomic E-state index is 13.2. The number of rotatable bonds is 2. The Balaban J connectivity index is 1.76. The van der Waals surface area contributed by atoms with E-state index >= 15 is 0 Å². The number of cyclic esters (lactones) is 1. The summed E-state index contributed by atoms with van der Waals surface area (Å²) in [5.41, 5.74) is 1.15. The highest BCUT2D eigenvalue weighted by Gasteiger charge is 2.45. The first-order chi connectivity index (χ1) is 14.7. The van der Waals surface area contributed by atoms with E-state index in [9.17, 15) is 19.8 Å². The van der Waals surface area contributed by atoms with Crippen molar-refractivity contribution < 1.29 is 19.7 Å². The summed E-state index contributed by atoms with van der Waals surface area (Å²) in [7, 11) is 0. The summed E-state index contributed by atoms with van der Waals surface area (Å²) in [6.07, 6.45) is 0.0804. The zero-order chi connectivity index (χ0) is 22.1. The van der Waals surface area contributed by atoms with Crippen LogP contribution in [0.3, 0.4) is 0 Å². The van der Waals surface area contributed by atoms with E-state index in [2.05, 4.69) is 5.32 Å². The number of pyridine rings is 2. The number of hydrogen-bond donors (Lipinski definition) is 4. The molecule has 31 heavy (non-hydrogen) atoms. The van der Waals surface area contributed by atoms with E-state index in [1.54, 1.807) is 30.5 Å². The minimum atomic E-state index is -1.87. The quantitative estimate of drug-likeness (QED) is 0.169. The van der Waals surface area contributed by atoms with Gasteiger partial charge >= 0.3 is 5.97 Å². The van der Waals surface area contributed by atoms with Gasteiger partial charge in [-0.2, -0.15) is 0 Å². The lowest BCUT2D eigenvalue weighted by atomic mass is 9.86. The first-order valence-corrected chi connectivity index (χ1v) is 9.89. The van der Waals surface area contributed by atoms with Gasteiger partial charge in [-0.15, -0.1) is 0 Å². The van der Waals surface area contributed by atoms with Crippen molar-refractivity contribution in [3.63, 3.8) is 0 Å². The van der Waals surface area contributed by atoms with E-state index < -0.39 is 11.6 Å². The van der Waals surface area contributed by atoms with Crippen LogP contribution >= 0.6 is 0 Å². The van der Waals surface area contributed by atoms with Crippen LogP contribution in [0.2, 0.25) is 0 Å². The van der Waals surface area contributed by atoms with Gasteiger partial charge in [0.15, 0.2) is 5.60 Å². The van der Waals surface area contributed by atoms with Gasteiger partial charge in [-0.05, 0) is 37.6 Å². The van der Waals surface area contributed by atoms with E-state index in [0.29, 0.717) is 28.0 Å². The number of phenols is 1. The van der Waals surface area contributed by atoms with Gasteiger partial charge in [0.1, 0.15) is 12.4 Å². The summed E-state index contributed by atoms with van der Waals surface area (Å²) in [5, 5.41) is 32.4. The number of fused-ring (bicyclic) bond motifs is 5. The van der Waals surface area contributed by atoms with Crippen LogP contribution in [0.1, 0.15) is 37.0 Å². The maximum absolute atomic E-state index is 13.2. The third-order valence-electron chi connectivity index (χ3n) is 5.98. The van der Waals surface area contributed by atoms with E-state index in [0.717, 1.165) is 5.56 Å². The number of aromatic hydroxyl groups is 1. The summed E-state index contributed by atoms with van der Waals surface area (Å²) < 4.78 is 6.64. The molecule has 0 amide bonds. The fourth-order valence-electron chi connectivity index (χ4n) is 4.36. The molecule has 5 rings (SSSR count). The molecule has 4 heterocycles. The molecule has 1 atom stereocenters. The lowest BCUT2D eigenvalue weighted by molar-refractivity contribution is -0.172. The lowest BCUT2D eigenvalue weighted by Crippen LogP contribution is -2.44. The first kappa shape index (κ1) is 19.3. The van der Waals surface area contributed by atoms with Crippen molar-refractivity contribution in [3.8, 4) is 17.1 Å². The van der Waals surface area contributed by atoms with Crippen molar-refractivity contribution in [2.45, 2.75) is 39.0 Å². The number of amidine groups is 1. The molecule has 4 N–H and O–H groups in total. The first-order valence-electron chi connectivity index (χ1n) is 9.89. The smallest absolute Gasteiger partial charge is 0.343 e. The highest BCUT2D eigenvalue weighted by molar-refractivity contribution is 6.04. The molecule has 2 aliphatic heterocycles. The molecule has 0 saturated carbocycles. The van der Waals surface area contributed by atoms with Crippen molar-refractivity contribution in [1.29, 1.82) is 5.41 Å². The summed E-state index contributed by atoms with van der Waals surface area (Å²) in [6.45, 7) is 3.31. The van der Waals surface area contributed by atoms with Gasteiger partial charge in [-0.25, -0.2) is 9.78 Å². The van der Waals surface area contributed by atoms with Crippen molar-refractivity contribution in [2.75, 3.05) is 5.32 Å². The summed E-state index contributed by atoms with van der Waals surface area (Å²) in [4.78, 5) is 30.2. The average molecular weight is 420 g/mol. The molecule has 0 spiro atoms. The lowest BCUT2D eigenvalue weighted by Gasteiger charge is -2.31. The molecule has 0 saturated heterocycles. The largest absolute Gasteiger partial charge is 0.506 e. The SMILES string of the molecule is CC[C@@]1(O)C(=O)OCc2c1cc1n(c2=O)Cc2cc3c(NC(C)=N)c(O)ccc3nc2-1. The van der Waals surface area contributed by atoms with Crippen LogP contribution in [0, 0.1) is 5.41 Å². The Morgan fingerprint density at radius 2 is 2.13 bits per heavy atom. The molecule has 9 heteroatoms. The Kier molecular flexibility index (Phi) is 3.97. The van der Waals surface area contributed by atoms with Crippen LogP contribution in [0.25, 0.3) is 22.3 Å². The molecule has 0 unspecified atom stereocenters. The summed E-state index contributed by atoms with van der Waals surface area (Å²) in [5.74, 6) is -0.601. The molecular formula is C22H20N4O5. The Morgan fingerprint density at radius 1 is 1.35 bits per heavy atom. The standard InChI is InChI=1S/C22H20N4O5/c1-3-22(30)14-7-16-18-11(8-26(16)20(28)13(14)9-31-21(22)29)6-12-15(25-18)4-5-17(27)19(12)24-10(2)23/h4-7,27,30H,3,8-9H2,1-2H3,(H2,23,24)/t22-/m0/s1. The predicted molar refractivity (Wildman–Crippen MR) is 113 cm³/mol. The van der Waals surface area contributed by atoms with Gasteiger partial charge < -0.3 is 24.8 Å². The van der Waals surface area contributed by atoms with Gasteiger partial charge in [0, 0.05) is 16.5 Å². The van der Waals surface area contributed by atoms with Crippen LogP contribution in [-0.2, 0) is 28.3 Å². The van der Waals surface area contributed by atoms with Crippen molar-refractivity contribution in [1.82, 2.24) is 9.55 Å².